The fourth-order valence-electron chi connectivity index (χ4n) is 7.20. The van der Waals surface area contributed by atoms with Crippen molar-refractivity contribution in [3.05, 3.63) is 0 Å². The van der Waals surface area contributed by atoms with Crippen LogP contribution in [0.5, 0.6) is 0 Å². The van der Waals surface area contributed by atoms with Gasteiger partial charge < -0.3 is 45.4 Å². The number of aliphatic hydroxyl groups excluding tert-OH is 6. The minimum atomic E-state index is -1.60. The van der Waals surface area contributed by atoms with Gasteiger partial charge in [0.1, 0.15) is 30.5 Å². The number of unbranched alkanes of at least 4 members (excludes halogenated alkanes) is 25. The molecule has 8 atom stereocenters. The van der Waals surface area contributed by atoms with Crippen LogP contribution in [0.1, 0.15) is 200 Å². The van der Waals surface area contributed by atoms with E-state index in [0.29, 0.717) is 6.42 Å². The maximum atomic E-state index is 12.9. The molecule has 310 valence electrons. The Balaban J connectivity index is 2.34. The molecule has 2 unspecified atom stereocenters. The summed E-state index contributed by atoms with van der Waals surface area (Å²) in [5, 5.41) is 64.8. The van der Waals surface area contributed by atoms with Gasteiger partial charge in [0, 0.05) is 6.42 Å². The number of carbonyl (C=O) groups is 1. The maximum Gasteiger partial charge on any atom is 0.220 e. The van der Waals surface area contributed by atoms with Gasteiger partial charge in [0.2, 0.25) is 5.91 Å². The maximum absolute atomic E-state index is 12.9. The van der Waals surface area contributed by atoms with Crippen LogP contribution in [-0.2, 0) is 14.3 Å². The highest BCUT2D eigenvalue weighted by atomic mass is 16.7. The molecule has 0 radical (unpaired) electrons. The van der Waals surface area contributed by atoms with Gasteiger partial charge in [-0.1, -0.05) is 181 Å². The van der Waals surface area contributed by atoms with Crippen LogP contribution in [-0.4, -0.2) is 98.7 Å². The second-order valence-corrected chi connectivity index (χ2v) is 15.6. The van der Waals surface area contributed by atoms with Gasteiger partial charge in [-0.2, -0.15) is 0 Å². The van der Waals surface area contributed by atoms with E-state index in [1.165, 1.54) is 128 Å². The van der Waals surface area contributed by atoms with Crippen molar-refractivity contribution >= 4 is 5.91 Å². The Hall–Kier alpha value is -0.850. The Morgan fingerprint density at radius 2 is 1.00 bits per heavy atom. The van der Waals surface area contributed by atoms with Gasteiger partial charge in [-0.25, -0.2) is 0 Å². The molecule has 10 nitrogen and oxygen atoms in total. The monoisotopic (exact) mass is 746 g/mol. The molecule has 1 saturated heterocycles. The molecule has 0 aromatic rings. The molecule has 0 bridgehead atoms. The van der Waals surface area contributed by atoms with Crippen molar-refractivity contribution in [2.45, 2.75) is 249 Å². The Morgan fingerprint density at radius 3 is 1.42 bits per heavy atom. The van der Waals surface area contributed by atoms with Crippen molar-refractivity contribution < 1.29 is 44.9 Å². The van der Waals surface area contributed by atoms with Crippen LogP contribution < -0.4 is 5.32 Å². The molecule has 52 heavy (non-hydrogen) atoms. The normalized spacial score (nSPS) is 22.3. The lowest BCUT2D eigenvalue weighted by molar-refractivity contribution is -0.303. The van der Waals surface area contributed by atoms with Crippen molar-refractivity contribution in [3.63, 3.8) is 0 Å². The summed E-state index contributed by atoms with van der Waals surface area (Å²) < 4.78 is 11.1. The lowest BCUT2D eigenvalue weighted by Crippen LogP contribution is -2.60. The molecule has 1 heterocycles. The van der Waals surface area contributed by atoms with E-state index in [9.17, 15) is 35.4 Å². The Bertz CT molecular complexity index is 803. The average Bonchev–Trinajstić information content (AvgIpc) is 3.14. The van der Waals surface area contributed by atoms with Gasteiger partial charge >= 0.3 is 0 Å². The summed E-state index contributed by atoms with van der Waals surface area (Å²) in [6.07, 6.45) is 24.2. The van der Waals surface area contributed by atoms with Crippen LogP contribution in [0.25, 0.3) is 0 Å². The van der Waals surface area contributed by atoms with Gasteiger partial charge in [0.05, 0.1) is 25.4 Å². The van der Waals surface area contributed by atoms with E-state index in [1.54, 1.807) is 0 Å². The molecule has 0 aromatic carbocycles. The Labute approximate surface area is 317 Å². The first-order chi connectivity index (χ1) is 25.3. The molecule has 7 N–H and O–H groups in total. The highest BCUT2D eigenvalue weighted by Crippen LogP contribution is 2.23. The van der Waals surface area contributed by atoms with E-state index in [-0.39, 0.29) is 18.9 Å². The van der Waals surface area contributed by atoms with E-state index >= 15 is 0 Å². The zero-order chi connectivity index (χ0) is 38.2. The predicted molar refractivity (Wildman–Crippen MR) is 209 cm³/mol. The average molecular weight is 746 g/mol. The minimum Gasteiger partial charge on any atom is -0.394 e. The Kier molecular flexibility index (Phi) is 31.7. The topological polar surface area (TPSA) is 169 Å². The predicted octanol–water partition coefficient (Wildman–Crippen LogP) is 7.36. The quantitative estimate of drug-likeness (QED) is 0.0324. The summed E-state index contributed by atoms with van der Waals surface area (Å²) in [5.74, 6) is -0.257. The number of amides is 1. The standard InChI is InChI=1S/C42H83NO9/c1-3-5-7-9-11-13-14-15-16-17-18-19-20-21-22-23-25-27-29-31-37(46)43-34(33-51-42-41(50)40(49)39(48)36(32-44)52-42)38(47)35(45)30-28-26-24-12-10-8-6-4-2/h34-36,38-42,44-45,47-50H,3-33H2,1-2H3,(H,43,46)/t34-,35+,36+,38-,39+,40?,41?,42+/m0/s1. The highest BCUT2D eigenvalue weighted by molar-refractivity contribution is 5.76. The molecule has 1 rings (SSSR count). The van der Waals surface area contributed by atoms with Crippen LogP contribution >= 0.6 is 0 Å². The number of carbonyl (C=O) groups excluding carboxylic acids is 1. The minimum absolute atomic E-state index is 0.257. The van der Waals surface area contributed by atoms with Crippen molar-refractivity contribution in [2.24, 2.45) is 0 Å². The van der Waals surface area contributed by atoms with Crippen LogP contribution in [0.2, 0.25) is 0 Å². The highest BCUT2D eigenvalue weighted by Gasteiger charge is 2.44. The van der Waals surface area contributed by atoms with Crippen LogP contribution in [0, 0.1) is 0 Å². The molecule has 0 spiro atoms. The first kappa shape index (κ1) is 49.2. The third kappa shape index (κ3) is 23.8. The summed E-state index contributed by atoms with van der Waals surface area (Å²) in [7, 11) is 0. The lowest BCUT2D eigenvalue weighted by Gasteiger charge is -2.40. The fraction of sp³-hybridized carbons (Fsp3) is 0.976. The number of ether oxygens (including phenoxy) is 2. The molecule has 0 saturated carbocycles. The van der Waals surface area contributed by atoms with Crippen LogP contribution in [0.4, 0.5) is 0 Å². The summed E-state index contributed by atoms with van der Waals surface area (Å²) in [5.41, 5.74) is 0. The summed E-state index contributed by atoms with van der Waals surface area (Å²) in [6, 6.07) is -0.982. The van der Waals surface area contributed by atoms with Crippen molar-refractivity contribution in [2.75, 3.05) is 13.2 Å². The fourth-order valence-corrected chi connectivity index (χ4v) is 7.20. The van der Waals surface area contributed by atoms with E-state index in [2.05, 4.69) is 19.2 Å². The zero-order valence-electron chi connectivity index (χ0n) is 33.4. The van der Waals surface area contributed by atoms with E-state index < -0.39 is 55.6 Å². The number of aliphatic hydroxyl groups is 6. The first-order valence-corrected chi connectivity index (χ1v) is 21.8. The van der Waals surface area contributed by atoms with E-state index in [0.717, 1.165) is 44.9 Å². The van der Waals surface area contributed by atoms with Crippen molar-refractivity contribution in [1.29, 1.82) is 0 Å². The molecule has 0 aromatic heterocycles. The molecular formula is C42H83NO9. The van der Waals surface area contributed by atoms with Gasteiger partial charge in [-0.3, -0.25) is 4.79 Å². The van der Waals surface area contributed by atoms with E-state index in [4.69, 9.17) is 9.47 Å². The largest absolute Gasteiger partial charge is 0.394 e. The second-order valence-electron chi connectivity index (χ2n) is 15.6. The molecule has 1 fully saturated rings. The molecule has 0 aliphatic carbocycles. The number of hydrogen-bond donors (Lipinski definition) is 7. The van der Waals surface area contributed by atoms with Crippen molar-refractivity contribution in [3.8, 4) is 0 Å². The zero-order valence-corrected chi connectivity index (χ0v) is 33.4. The third-order valence-corrected chi connectivity index (χ3v) is 10.8. The molecule has 1 aliphatic heterocycles. The molecular weight excluding hydrogens is 662 g/mol. The number of nitrogens with one attached hydrogen (secondary N) is 1. The molecule has 1 aliphatic rings. The SMILES string of the molecule is CCCCCCCCCCCCCCCCCCCCCC(=O)N[C@@H](CO[C@@H]1O[C@H](CO)[C@@H](O)C(O)C1O)[C@H](O)[C@H](O)CCCCCCCCCC. The number of hydrogen-bond acceptors (Lipinski definition) is 9. The summed E-state index contributed by atoms with van der Waals surface area (Å²) in [6.45, 7) is 3.57. The Morgan fingerprint density at radius 1 is 0.596 bits per heavy atom. The van der Waals surface area contributed by atoms with E-state index in [1.807, 2.05) is 0 Å². The smallest absolute Gasteiger partial charge is 0.220 e. The van der Waals surface area contributed by atoms with Crippen LogP contribution in [0.15, 0.2) is 0 Å². The third-order valence-electron chi connectivity index (χ3n) is 10.8. The van der Waals surface area contributed by atoms with Gasteiger partial charge in [0.25, 0.3) is 0 Å². The summed E-state index contributed by atoms with van der Waals surface area (Å²) >= 11 is 0. The first-order valence-electron chi connectivity index (χ1n) is 21.8. The molecule has 1 amide bonds. The van der Waals surface area contributed by atoms with Gasteiger partial charge in [-0.05, 0) is 12.8 Å². The van der Waals surface area contributed by atoms with Crippen LogP contribution in [0.3, 0.4) is 0 Å². The summed E-state index contributed by atoms with van der Waals surface area (Å²) in [4.78, 5) is 12.9. The van der Waals surface area contributed by atoms with Gasteiger partial charge in [0.15, 0.2) is 6.29 Å². The van der Waals surface area contributed by atoms with Crippen molar-refractivity contribution in [1.82, 2.24) is 5.32 Å². The number of rotatable bonds is 36. The van der Waals surface area contributed by atoms with Gasteiger partial charge in [-0.15, -0.1) is 0 Å². The molecule has 10 heteroatoms. The lowest BCUT2D eigenvalue weighted by atomic mass is 9.98. The second kappa shape index (κ2) is 33.5.